The number of likely N-dealkylation sites (N-methyl/N-ethyl adjacent to an activating group) is 2. The molecule has 0 aliphatic heterocycles. The first-order valence-electron chi connectivity index (χ1n) is 12.4. The summed E-state index contributed by atoms with van der Waals surface area (Å²) >= 11 is 0. The summed E-state index contributed by atoms with van der Waals surface area (Å²) in [6, 6.07) is 7.52. The van der Waals surface area contributed by atoms with E-state index < -0.39 is 0 Å². The number of carbonyl (C=O) groups excluding carboxylic acids is 1. The predicted molar refractivity (Wildman–Crippen MR) is 155 cm³/mol. The van der Waals surface area contributed by atoms with Crippen molar-refractivity contribution in [1.82, 2.24) is 24.4 Å². The topological polar surface area (TPSA) is 110 Å². The lowest BCUT2D eigenvalue weighted by Crippen LogP contribution is -2.29. The van der Waals surface area contributed by atoms with Gasteiger partial charge in [0.05, 0.1) is 37.0 Å². The van der Waals surface area contributed by atoms with Crippen molar-refractivity contribution < 1.29 is 14.3 Å². The average molecular weight is 531 g/mol. The van der Waals surface area contributed by atoms with Gasteiger partial charge in [0.1, 0.15) is 11.3 Å². The summed E-state index contributed by atoms with van der Waals surface area (Å²) in [5.41, 5.74) is 4.42. The summed E-state index contributed by atoms with van der Waals surface area (Å²) < 4.78 is 13.1. The van der Waals surface area contributed by atoms with E-state index in [0.717, 1.165) is 35.2 Å². The zero-order valence-corrected chi connectivity index (χ0v) is 23.1. The number of nitrogens with zero attached hydrogens (tertiary/aromatic N) is 6. The normalized spacial score (nSPS) is 10.9. The minimum Gasteiger partial charge on any atom is -0.494 e. The van der Waals surface area contributed by atoms with Crippen molar-refractivity contribution in [2.75, 3.05) is 64.0 Å². The number of aryl methyl sites for hydroxylation is 1. The molecule has 0 saturated carbocycles. The molecule has 3 heterocycles. The maximum atomic E-state index is 12.3. The molecule has 0 aliphatic carbocycles. The Morgan fingerprint density at radius 3 is 2.59 bits per heavy atom. The lowest BCUT2D eigenvalue weighted by Gasteiger charge is -2.26. The van der Waals surface area contributed by atoms with Crippen LogP contribution in [0.1, 0.15) is 0 Å². The molecule has 3 aromatic heterocycles. The Balaban J connectivity index is 1.72. The van der Waals surface area contributed by atoms with Gasteiger partial charge in [-0.05, 0) is 38.4 Å². The Kier molecular flexibility index (Phi) is 8.30. The summed E-state index contributed by atoms with van der Waals surface area (Å²) in [5.74, 6) is 1.16. The molecular weight excluding hydrogens is 496 g/mol. The minimum absolute atomic E-state index is 0.314. The number of carbonyl (C=O) groups is 1. The van der Waals surface area contributed by atoms with Crippen LogP contribution >= 0.6 is 0 Å². The van der Waals surface area contributed by atoms with Crippen LogP contribution in [0.5, 0.6) is 11.6 Å². The smallest absolute Gasteiger partial charge is 0.247 e. The number of fused-ring (bicyclic) bond motifs is 1. The lowest BCUT2D eigenvalue weighted by molar-refractivity contribution is -0.111. The fourth-order valence-corrected chi connectivity index (χ4v) is 4.22. The molecule has 0 radical (unpaired) electrons. The van der Waals surface area contributed by atoms with Gasteiger partial charge >= 0.3 is 0 Å². The largest absolute Gasteiger partial charge is 0.494 e. The summed E-state index contributed by atoms with van der Waals surface area (Å²) in [7, 11) is 11.1. The van der Waals surface area contributed by atoms with E-state index in [9.17, 15) is 4.79 Å². The molecule has 4 aromatic rings. The van der Waals surface area contributed by atoms with Gasteiger partial charge in [0.2, 0.25) is 17.7 Å². The summed E-state index contributed by atoms with van der Waals surface area (Å²) in [5, 5.41) is 7.13. The Morgan fingerprint density at radius 1 is 1.10 bits per heavy atom. The van der Waals surface area contributed by atoms with Crippen LogP contribution in [0.2, 0.25) is 0 Å². The number of hydrogen-bond acceptors (Lipinski definition) is 9. The van der Waals surface area contributed by atoms with Crippen molar-refractivity contribution in [3.63, 3.8) is 0 Å². The summed E-state index contributed by atoms with van der Waals surface area (Å²) in [6.45, 7) is 5.16. The number of rotatable bonds is 11. The lowest BCUT2D eigenvalue weighted by atomic mass is 10.1. The van der Waals surface area contributed by atoms with E-state index in [2.05, 4.69) is 37.0 Å². The highest BCUT2D eigenvalue weighted by molar-refractivity contribution is 6.02. The Morgan fingerprint density at radius 2 is 1.90 bits per heavy atom. The first-order chi connectivity index (χ1) is 18.7. The van der Waals surface area contributed by atoms with Gasteiger partial charge in [0.15, 0.2) is 0 Å². The van der Waals surface area contributed by atoms with Crippen LogP contribution in [0.3, 0.4) is 0 Å². The molecule has 204 valence electrons. The molecule has 0 saturated heterocycles. The highest BCUT2D eigenvalue weighted by atomic mass is 16.5. The van der Waals surface area contributed by atoms with E-state index in [0.29, 0.717) is 34.6 Å². The third kappa shape index (κ3) is 5.93. The number of hydrogen-bond donors (Lipinski definition) is 2. The van der Waals surface area contributed by atoms with Crippen LogP contribution in [0, 0.1) is 0 Å². The zero-order valence-electron chi connectivity index (χ0n) is 23.1. The van der Waals surface area contributed by atoms with Crippen LogP contribution in [0.4, 0.5) is 23.0 Å². The molecule has 39 heavy (non-hydrogen) atoms. The van der Waals surface area contributed by atoms with Gasteiger partial charge < -0.3 is 34.5 Å². The van der Waals surface area contributed by atoms with Gasteiger partial charge in [0, 0.05) is 62.8 Å². The maximum Gasteiger partial charge on any atom is 0.247 e. The van der Waals surface area contributed by atoms with Crippen LogP contribution in [-0.2, 0) is 11.8 Å². The van der Waals surface area contributed by atoms with Gasteiger partial charge in [-0.15, -0.1) is 0 Å². The summed E-state index contributed by atoms with van der Waals surface area (Å²) in [4.78, 5) is 30.1. The van der Waals surface area contributed by atoms with E-state index in [-0.39, 0.29) is 5.91 Å². The van der Waals surface area contributed by atoms with Crippen molar-refractivity contribution in [3.8, 4) is 22.9 Å². The Hall–Kier alpha value is -4.64. The van der Waals surface area contributed by atoms with Crippen molar-refractivity contribution in [2.24, 2.45) is 7.05 Å². The van der Waals surface area contributed by atoms with Crippen molar-refractivity contribution >= 4 is 39.8 Å². The quantitative estimate of drug-likeness (QED) is 0.279. The number of methoxy groups -OCH3 is 2. The standard InChI is InChI=1S/C28H34N8O3/c1-8-25(37)31-21-15-22(24(38-6)16-23(21)35(4)14-13-34(2)3)33-28-29-11-9-20(32-28)19-17-30-27(39-7)26-18(19)10-12-36(26)5/h8-12,15-17H,1,13-14H2,2-7H3,(H,31,37)(H,29,32,33). The number of anilines is 4. The second kappa shape index (κ2) is 11.8. The molecule has 0 aliphatic rings. The fourth-order valence-electron chi connectivity index (χ4n) is 4.22. The van der Waals surface area contributed by atoms with Gasteiger partial charge in [0.25, 0.3) is 0 Å². The molecule has 2 N–H and O–H groups in total. The van der Waals surface area contributed by atoms with Crippen LogP contribution < -0.4 is 25.0 Å². The van der Waals surface area contributed by atoms with Gasteiger partial charge in [-0.3, -0.25) is 4.79 Å². The number of nitrogens with one attached hydrogen (secondary N) is 2. The number of aromatic nitrogens is 4. The molecule has 11 heteroatoms. The van der Waals surface area contributed by atoms with E-state index in [1.165, 1.54) is 6.08 Å². The SMILES string of the molecule is C=CC(=O)Nc1cc(Nc2nccc(-c3cnc(OC)c4c3ccn4C)n2)c(OC)cc1N(C)CCN(C)C. The van der Waals surface area contributed by atoms with Crippen LogP contribution in [-0.4, -0.2) is 78.8 Å². The molecular formula is C28H34N8O3. The predicted octanol–water partition coefficient (Wildman–Crippen LogP) is 3.91. The molecule has 0 fully saturated rings. The average Bonchev–Trinajstić information content (AvgIpc) is 3.33. The molecule has 0 bridgehead atoms. The van der Waals surface area contributed by atoms with Gasteiger partial charge in [-0.2, -0.15) is 0 Å². The third-order valence-electron chi connectivity index (χ3n) is 6.30. The molecule has 4 rings (SSSR count). The van der Waals surface area contributed by atoms with E-state index in [1.54, 1.807) is 26.6 Å². The van der Waals surface area contributed by atoms with Crippen molar-refractivity contribution in [3.05, 3.63) is 55.5 Å². The number of benzene rings is 1. The second-order valence-corrected chi connectivity index (χ2v) is 9.25. The van der Waals surface area contributed by atoms with E-state index in [1.807, 2.05) is 63.2 Å². The van der Waals surface area contributed by atoms with Gasteiger partial charge in [-0.1, -0.05) is 6.58 Å². The number of ether oxygens (including phenoxy) is 2. The highest BCUT2D eigenvalue weighted by Crippen LogP contribution is 2.38. The maximum absolute atomic E-state index is 12.3. The zero-order chi connectivity index (χ0) is 28.1. The number of pyridine rings is 1. The Bertz CT molecular complexity index is 1500. The van der Waals surface area contributed by atoms with Crippen molar-refractivity contribution in [1.29, 1.82) is 0 Å². The second-order valence-electron chi connectivity index (χ2n) is 9.25. The van der Waals surface area contributed by atoms with Gasteiger partial charge in [-0.25, -0.2) is 15.0 Å². The summed E-state index contributed by atoms with van der Waals surface area (Å²) in [6.07, 6.45) is 6.62. The van der Waals surface area contributed by atoms with E-state index >= 15 is 0 Å². The molecule has 0 atom stereocenters. The van der Waals surface area contributed by atoms with Crippen LogP contribution in [0.15, 0.2) is 55.5 Å². The first-order valence-corrected chi connectivity index (χ1v) is 12.4. The van der Waals surface area contributed by atoms with Crippen molar-refractivity contribution in [2.45, 2.75) is 0 Å². The minimum atomic E-state index is -0.314. The monoisotopic (exact) mass is 530 g/mol. The fraction of sp³-hybridized carbons (Fsp3) is 0.286. The molecule has 1 aromatic carbocycles. The molecule has 1 amide bonds. The highest BCUT2D eigenvalue weighted by Gasteiger charge is 2.18. The Labute approximate surface area is 228 Å². The number of amides is 1. The van der Waals surface area contributed by atoms with E-state index in [4.69, 9.17) is 14.5 Å². The molecule has 11 nitrogen and oxygen atoms in total. The third-order valence-corrected chi connectivity index (χ3v) is 6.30. The van der Waals surface area contributed by atoms with Crippen LogP contribution in [0.25, 0.3) is 22.2 Å². The molecule has 0 spiro atoms. The first kappa shape index (κ1) is 27.4. The molecule has 0 unspecified atom stereocenters.